The van der Waals surface area contributed by atoms with Crippen LogP contribution >= 0.6 is 0 Å². The third kappa shape index (κ3) is 19.1. The average molecular weight is 1010 g/mol. The molecule has 5 rings (SSSR count). The molecule has 0 radical (unpaired) electrons. The van der Waals surface area contributed by atoms with Crippen LogP contribution in [-0.4, -0.2) is 96.5 Å². The van der Waals surface area contributed by atoms with Crippen LogP contribution in [0, 0.1) is 17.7 Å². The van der Waals surface area contributed by atoms with Gasteiger partial charge in [-0.3, -0.25) is 14.4 Å². The molecule has 5 amide bonds. The number of fused-ring (bicyclic) bond motifs is 3. The first-order chi connectivity index (χ1) is 34.3. The van der Waals surface area contributed by atoms with E-state index in [-0.39, 0.29) is 62.5 Å². The van der Waals surface area contributed by atoms with Gasteiger partial charge in [-0.05, 0) is 160 Å². The van der Waals surface area contributed by atoms with Gasteiger partial charge in [-0.15, -0.1) is 0 Å². The van der Waals surface area contributed by atoms with E-state index in [0.717, 1.165) is 22.3 Å². The third-order valence-corrected chi connectivity index (χ3v) is 12.4. The fraction of sp³-hybridized carbons (Fsp3) is 0.554. The lowest BCUT2D eigenvalue weighted by molar-refractivity contribution is -0.159. The van der Waals surface area contributed by atoms with Crippen LogP contribution in [0.25, 0.3) is 11.1 Å². The predicted octanol–water partition coefficient (Wildman–Crippen LogP) is 8.33. The molecule has 3 aromatic rings. The highest BCUT2D eigenvalue weighted by atomic mass is 19.1. The van der Waals surface area contributed by atoms with E-state index in [2.05, 4.69) is 50.8 Å². The zero-order chi connectivity index (χ0) is 53.5. The van der Waals surface area contributed by atoms with Crippen molar-refractivity contribution in [3.05, 3.63) is 95.3 Å². The van der Waals surface area contributed by atoms with Crippen LogP contribution in [0.1, 0.15) is 143 Å². The number of unbranched alkanes of at least 4 members (excludes halogenated alkanes) is 1. The molecule has 398 valence electrons. The van der Waals surface area contributed by atoms with Gasteiger partial charge >= 0.3 is 30.0 Å². The molecule has 2 aliphatic rings. The number of carbonyl (C=O) groups excluding carboxylic acids is 7. The average Bonchev–Trinajstić information content (AvgIpc) is 3.63. The summed E-state index contributed by atoms with van der Waals surface area (Å²) >= 11 is 0. The van der Waals surface area contributed by atoms with Gasteiger partial charge in [0, 0.05) is 37.8 Å². The molecule has 1 saturated carbocycles. The molecule has 5 N–H and O–H groups in total. The normalized spacial score (nSPS) is 16.8. The minimum absolute atomic E-state index is 0.0464. The van der Waals surface area contributed by atoms with Crippen molar-refractivity contribution >= 4 is 41.8 Å². The van der Waals surface area contributed by atoms with Crippen molar-refractivity contribution in [3.63, 3.8) is 0 Å². The topological polar surface area (TPSA) is 217 Å². The lowest BCUT2D eigenvalue weighted by Crippen LogP contribution is -2.53. The summed E-state index contributed by atoms with van der Waals surface area (Å²) < 4.78 is 36.0. The van der Waals surface area contributed by atoms with E-state index >= 15 is 0 Å². The Bertz CT molecular complexity index is 2340. The van der Waals surface area contributed by atoms with E-state index < -0.39 is 76.7 Å². The van der Waals surface area contributed by atoms with Crippen molar-refractivity contribution < 1.29 is 56.9 Å². The van der Waals surface area contributed by atoms with Crippen LogP contribution in [0.15, 0.2) is 72.8 Å². The maximum absolute atomic E-state index is 13.8. The fourth-order valence-electron chi connectivity index (χ4n) is 8.93. The van der Waals surface area contributed by atoms with Gasteiger partial charge in [0.15, 0.2) is 0 Å². The van der Waals surface area contributed by atoms with E-state index in [1.54, 1.807) is 74.4 Å². The zero-order valence-corrected chi connectivity index (χ0v) is 44.0. The molecule has 0 spiro atoms. The number of halogens is 1. The smallest absolute Gasteiger partial charge is 0.407 e. The van der Waals surface area contributed by atoms with Crippen LogP contribution < -0.4 is 26.6 Å². The molecule has 2 aliphatic carbocycles. The molecule has 0 aromatic heterocycles. The van der Waals surface area contributed by atoms with Gasteiger partial charge in [-0.25, -0.2) is 23.6 Å². The summed E-state index contributed by atoms with van der Waals surface area (Å²) in [5.41, 5.74) is 2.68. The number of ether oxygens (including phenoxy) is 4. The molecular formula is C56H76FN5O11. The summed E-state index contributed by atoms with van der Waals surface area (Å²) in [5, 5.41) is 13.9. The van der Waals surface area contributed by atoms with Gasteiger partial charge in [0.25, 0.3) is 0 Å². The number of carbonyl (C=O) groups is 7. The summed E-state index contributed by atoms with van der Waals surface area (Å²) in [6.07, 6.45) is 2.63. The molecule has 0 bridgehead atoms. The van der Waals surface area contributed by atoms with Crippen molar-refractivity contribution in [2.24, 2.45) is 11.8 Å². The molecule has 3 aromatic carbocycles. The first-order valence-corrected chi connectivity index (χ1v) is 25.5. The van der Waals surface area contributed by atoms with Crippen LogP contribution in [0.2, 0.25) is 0 Å². The van der Waals surface area contributed by atoms with Crippen molar-refractivity contribution in [2.45, 2.75) is 167 Å². The number of rotatable bonds is 21. The largest absolute Gasteiger partial charge is 0.460 e. The quantitative estimate of drug-likeness (QED) is 0.0388. The standard InChI is InChI=1S/C56H76FN5O11/c1-54(2,3)71-47(63)30-29-45(51(67)73-56(7,8)9)62-52(68)61-44(50(66)72-55(4,5)6)20-14-15-31-58-49(65)46(32-35-23-27-38(57)28-24-35)60-48(64)37-25-21-36(22-26-37)33-59-53(69)70-34-43-41-18-12-10-16-39(41)40-17-11-13-19-42(40)43/h10-13,16-19,23-24,27-28,36-37,43-46H,14-15,20-22,25-26,29-34H2,1-9H3,(H,58,65)(H,59,69)(H,60,64)(H2,61,62,68)/t36?,37?,44-,45-,46-/m0/s1. The van der Waals surface area contributed by atoms with E-state index in [1.807, 2.05) is 24.3 Å². The highest BCUT2D eigenvalue weighted by molar-refractivity contribution is 5.89. The Labute approximate surface area is 429 Å². The van der Waals surface area contributed by atoms with Crippen molar-refractivity contribution in [1.29, 1.82) is 0 Å². The number of esters is 3. The number of urea groups is 1. The Morgan fingerprint density at radius 1 is 0.616 bits per heavy atom. The first kappa shape index (κ1) is 57.4. The third-order valence-electron chi connectivity index (χ3n) is 12.4. The first-order valence-electron chi connectivity index (χ1n) is 25.5. The number of alkyl carbamates (subject to hydrolysis) is 1. The Balaban J connectivity index is 1.10. The van der Waals surface area contributed by atoms with Gasteiger partial charge in [-0.1, -0.05) is 60.7 Å². The Kier molecular flexibility index (Phi) is 20.4. The predicted molar refractivity (Wildman–Crippen MR) is 273 cm³/mol. The molecule has 0 aliphatic heterocycles. The van der Waals surface area contributed by atoms with E-state index in [9.17, 15) is 38.0 Å². The molecule has 0 unspecified atom stereocenters. The maximum atomic E-state index is 13.8. The number of nitrogens with one attached hydrogen (secondary N) is 5. The van der Waals surface area contributed by atoms with Crippen LogP contribution in [-0.2, 0) is 49.3 Å². The van der Waals surface area contributed by atoms with E-state index in [4.69, 9.17) is 18.9 Å². The molecule has 0 saturated heterocycles. The van der Waals surface area contributed by atoms with Gasteiger partial charge in [-0.2, -0.15) is 0 Å². The Morgan fingerprint density at radius 3 is 1.70 bits per heavy atom. The zero-order valence-electron chi connectivity index (χ0n) is 44.0. The molecule has 1 fully saturated rings. The highest BCUT2D eigenvalue weighted by Crippen LogP contribution is 2.44. The second-order valence-corrected chi connectivity index (χ2v) is 22.0. The van der Waals surface area contributed by atoms with Gasteiger partial charge < -0.3 is 45.5 Å². The van der Waals surface area contributed by atoms with Crippen molar-refractivity contribution in [2.75, 3.05) is 19.7 Å². The van der Waals surface area contributed by atoms with Crippen molar-refractivity contribution in [1.82, 2.24) is 26.6 Å². The second kappa shape index (κ2) is 25.9. The number of amides is 5. The summed E-state index contributed by atoms with van der Waals surface area (Å²) in [4.78, 5) is 92.8. The van der Waals surface area contributed by atoms with Crippen LogP contribution in [0.3, 0.4) is 0 Å². The number of hydrogen-bond donors (Lipinski definition) is 5. The number of hydrogen-bond acceptors (Lipinski definition) is 11. The maximum Gasteiger partial charge on any atom is 0.407 e. The second-order valence-electron chi connectivity index (χ2n) is 22.0. The summed E-state index contributed by atoms with van der Waals surface area (Å²) in [6, 6.07) is 17.8. The summed E-state index contributed by atoms with van der Waals surface area (Å²) in [5.74, 6) is -3.45. The van der Waals surface area contributed by atoms with Gasteiger partial charge in [0.2, 0.25) is 11.8 Å². The van der Waals surface area contributed by atoms with E-state index in [0.29, 0.717) is 50.6 Å². The Hall–Kier alpha value is -6.52. The lowest BCUT2D eigenvalue weighted by atomic mass is 9.81. The van der Waals surface area contributed by atoms with E-state index in [1.165, 1.54) is 12.1 Å². The fourth-order valence-corrected chi connectivity index (χ4v) is 8.93. The summed E-state index contributed by atoms with van der Waals surface area (Å²) in [7, 11) is 0. The van der Waals surface area contributed by atoms with Gasteiger partial charge in [0.05, 0.1) is 0 Å². The molecule has 16 nitrogen and oxygen atoms in total. The molecule has 17 heteroatoms. The minimum atomic E-state index is -1.24. The monoisotopic (exact) mass is 1010 g/mol. The van der Waals surface area contributed by atoms with Crippen LogP contribution in [0.5, 0.6) is 0 Å². The highest BCUT2D eigenvalue weighted by Gasteiger charge is 2.34. The SMILES string of the molecule is CC(C)(C)OC(=O)CC[C@H](NC(=O)N[C@@H](CCCCNC(=O)[C@H](Cc1ccc(F)cc1)NC(=O)C1CCC(CNC(=O)OCC2c3ccccc3-c3ccccc32)CC1)C(=O)OC(C)(C)C)C(=O)OC(C)(C)C. The lowest BCUT2D eigenvalue weighted by Gasteiger charge is -2.29. The summed E-state index contributed by atoms with van der Waals surface area (Å²) in [6.45, 7) is 16.0. The molecular weight excluding hydrogens is 938 g/mol. The van der Waals surface area contributed by atoms with Crippen molar-refractivity contribution in [3.8, 4) is 11.1 Å². The minimum Gasteiger partial charge on any atom is -0.460 e. The molecule has 3 atom stereocenters. The van der Waals surface area contributed by atoms with Crippen LogP contribution in [0.4, 0.5) is 14.0 Å². The molecule has 0 heterocycles. The number of benzene rings is 3. The molecule has 73 heavy (non-hydrogen) atoms. The Morgan fingerprint density at radius 2 is 1.15 bits per heavy atom. The van der Waals surface area contributed by atoms with Gasteiger partial charge in [0.1, 0.15) is 47.4 Å².